The number of nitro groups is 1. The lowest BCUT2D eigenvalue weighted by Gasteiger charge is -2.17. The second-order valence-corrected chi connectivity index (χ2v) is 3.29. The maximum atomic E-state index is 10.5. The van der Waals surface area contributed by atoms with Crippen LogP contribution in [-0.2, 0) is 4.84 Å². The van der Waals surface area contributed by atoms with E-state index in [1.807, 2.05) is 0 Å². The minimum atomic E-state index is -0.467. The molecule has 0 spiro atoms. The number of nitrogens with two attached hydrogens (primary N) is 1. The van der Waals surface area contributed by atoms with Crippen molar-refractivity contribution in [2.24, 2.45) is 0 Å². The van der Waals surface area contributed by atoms with Gasteiger partial charge in [-0.2, -0.15) is 0 Å². The zero-order valence-electron chi connectivity index (χ0n) is 8.05. The van der Waals surface area contributed by atoms with Gasteiger partial charge in [-0.25, -0.2) is 0 Å². The van der Waals surface area contributed by atoms with Gasteiger partial charge in [-0.1, -0.05) is 0 Å². The molecule has 1 aromatic rings. The van der Waals surface area contributed by atoms with Crippen LogP contribution in [0.1, 0.15) is 6.42 Å². The van der Waals surface area contributed by atoms with E-state index >= 15 is 0 Å². The molecule has 1 aliphatic heterocycles. The molecule has 0 bridgehead atoms. The van der Waals surface area contributed by atoms with Crippen LogP contribution in [-0.4, -0.2) is 18.1 Å². The SMILES string of the molecule is Nc1cc([N+](=O)[O-])ccc1N1CCCO1. The highest BCUT2D eigenvalue weighted by molar-refractivity contribution is 5.69. The third kappa shape index (κ3) is 1.84. The Morgan fingerprint density at radius 1 is 1.53 bits per heavy atom. The van der Waals surface area contributed by atoms with Gasteiger partial charge in [-0.05, 0) is 12.5 Å². The van der Waals surface area contributed by atoms with Crippen molar-refractivity contribution in [3.63, 3.8) is 0 Å². The van der Waals surface area contributed by atoms with E-state index in [0.29, 0.717) is 18.0 Å². The second-order valence-electron chi connectivity index (χ2n) is 3.29. The van der Waals surface area contributed by atoms with Gasteiger partial charge in [0.1, 0.15) is 0 Å². The molecule has 0 saturated carbocycles. The maximum Gasteiger partial charge on any atom is 0.271 e. The highest BCUT2D eigenvalue weighted by Crippen LogP contribution is 2.29. The molecule has 0 aromatic heterocycles. The third-order valence-corrected chi connectivity index (χ3v) is 2.24. The lowest BCUT2D eigenvalue weighted by molar-refractivity contribution is -0.384. The summed E-state index contributed by atoms with van der Waals surface area (Å²) in [6, 6.07) is 4.38. The van der Waals surface area contributed by atoms with E-state index in [9.17, 15) is 10.1 Å². The van der Waals surface area contributed by atoms with Gasteiger partial charge < -0.3 is 5.73 Å². The summed E-state index contributed by atoms with van der Waals surface area (Å²) in [6.45, 7) is 1.43. The van der Waals surface area contributed by atoms with Gasteiger partial charge in [0.25, 0.3) is 5.69 Å². The average Bonchev–Trinajstić information content (AvgIpc) is 2.70. The van der Waals surface area contributed by atoms with E-state index in [0.717, 1.165) is 13.0 Å². The summed E-state index contributed by atoms with van der Waals surface area (Å²) in [7, 11) is 0. The largest absolute Gasteiger partial charge is 0.397 e. The number of nitrogens with zero attached hydrogens (tertiary/aromatic N) is 2. The highest BCUT2D eigenvalue weighted by Gasteiger charge is 2.17. The van der Waals surface area contributed by atoms with Crippen LogP contribution in [0.15, 0.2) is 18.2 Å². The van der Waals surface area contributed by atoms with Crippen LogP contribution in [0.5, 0.6) is 0 Å². The molecule has 1 fully saturated rings. The number of hydrogen-bond donors (Lipinski definition) is 1. The standard InChI is InChI=1S/C9H11N3O3/c10-8-6-7(12(13)14)2-3-9(8)11-4-1-5-15-11/h2-3,6H,1,4-5,10H2. The van der Waals surface area contributed by atoms with Gasteiger partial charge in [0.2, 0.25) is 0 Å². The summed E-state index contributed by atoms with van der Waals surface area (Å²) in [5, 5.41) is 12.2. The molecule has 6 heteroatoms. The molecule has 1 aromatic carbocycles. The molecule has 0 radical (unpaired) electrons. The Labute approximate surface area is 86.3 Å². The van der Waals surface area contributed by atoms with Crippen LogP contribution in [0, 0.1) is 10.1 Å². The molecule has 0 unspecified atom stereocenters. The van der Waals surface area contributed by atoms with Crippen molar-refractivity contribution in [1.82, 2.24) is 0 Å². The fourth-order valence-corrected chi connectivity index (χ4v) is 1.52. The quantitative estimate of drug-likeness (QED) is 0.451. The van der Waals surface area contributed by atoms with Crippen LogP contribution >= 0.6 is 0 Å². The first-order valence-electron chi connectivity index (χ1n) is 4.63. The number of hydrogen-bond acceptors (Lipinski definition) is 5. The zero-order chi connectivity index (χ0) is 10.8. The van der Waals surface area contributed by atoms with Crippen molar-refractivity contribution in [2.45, 2.75) is 6.42 Å². The average molecular weight is 209 g/mol. The number of rotatable bonds is 2. The molecule has 0 amide bonds. The Kier molecular flexibility index (Phi) is 2.42. The predicted octanol–water partition coefficient (Wildman–Crippen LogP) is 1.32. The number of nitrogen functional groups attached to an aromatic ring is 1. The molecule has 2 N–H and O–H groups in total. The number of hydroxylamine groups is 1. The summed E-state index contributed by atoms with van der Waals surface area (Å²) in [5.74, 6) is 0. The molecule has 0 aliphatic carbocycles. The van der Waals surface area contributed by atoms with Gasteiger partial charge in [0.05, 0.1) is 22.9 Å². The number of nitro benzene ring substituents is 1. The van der Waals surface area contributed by atoms with Crippen molar-refractivity contribution < 1.29 is 9.76 Å². The highest BCUT2D eigenvalue weighted by atomic mass is 16.7. The second kappa shape index (κ2) is 3.74. The Morgan fingerprint density at radius 2 is 2.33 bits per heavy atom. The number of benzene rings is 1. The minimum Gasteiger partial charge on any atom is -0.397 e. The first kappa shape index (κ1) is 9.72. The number of non-ortho nitro benzene ring substituents is 1. The van der Waals surface area contributed by atoms with E-state index in [4.69, 9.17) is 10.6 Å². The topological polar surface area (TPSA) is 81.6 Å². The Balaban J connectivity index is 2.29. The summed E-state index contributed by atoms with van der Waals surface area (Å²) in [4.78, 5) is 15.3. The normalized spacial score (nSPS) is 15.6. The van der Waals surface area contributed by atoms with E-state index in [1.165, 1.54) is 12.1 Å². The minimum absolute atomic E-state index is 0.00422. The van der Waals surface area contributed by atoms with Crippen LogP contribution in [0.4, 0.5) is 17.1 Å². The lowest BCUT2D eigenvalue weighted by atomic mass is 10.2. The smallest absolute Gasteiger partial charge is 0.271 e. The molecule has 1 saturated heterocycles. The van der Waals surface area contributed by atoms with Crippen LogP contribution in [0.2, 0.25) is 0 Å². The van der Waals surface area contributed by atoms with Crippen LogP contribution in [0.25, 0.3) is 0 Å². The first-order chi connectivity index (χ1) is 7.18. The summed E-state index contributed by atoms with van der Waals surface area (Å²) in [5.41, 5.74) is 6.77. The zero-order valence-corrected chi connectivity index (χ0v) is 8.05. The van der Waals surface area contributed by atoms with Gasteiger partial charge in [0.15, 0.2) is 0 Å². The fraction of sp³-hybridized carbons (Fsp3) is 0.333. The molecule has 1 aliphatic rings. The Morgan fingerprint density at radius 3 is 2.87 bits per heavy atom. The summed E-state index contributed by atoms with van der Waals surface area (Å²) < 4.78 is 0. The molecule has 80 valence electrons. The van der Waals surface area contributed by atoms with E-state index in [1.54, 1.807) is 11.1 Å². The van der Waals surface area contributed by atoms with Gasteiger partial charge >= 0.3 is 0 Å². The van der Waals surface area contributed by atoms with Crippen molar-refractivity contribution in [2.75, 3.05) is 23.9 Å². The van der Waals surface area contributed by atoms with Gasteiger partial charge in [-0.3, -0.25) is 20.0 Å². The molecule has 15 heavy (non-hydrogen) atoms. The van der Waals surface area contributed by atoms with Crippen molar-refractivity contribution in [3.05, 3.63) is 28.3 Å². The first-order valence-corrected chi connectivity index (χ1v) is 4.63. The molecule has 6 nitrogen and oxygen atoms in total. The van der Waals surface area contributed by atoms with Crippen molar-refractivity contribution >= 4 is 17.1 Å². The molecule has 2 rings (SSSR count). The predicted molar refractivity (Wildman–Crippen MR) is 55.4 cm³/mol. The molecular formula is C9H11N3O3. The van der Waals surface area contributed by atoms with Gasteiger partial charge in [0, 0.05) is 18.7 Å². The molecular weight excluding hydrogens is 198 g/mol. The van der Waals surface area contributed by atoms with Crippen LogP contribution in [0.3, 0.4) is 0 Å². The van der Waals surface area contributed by atoms with Crippen molar-refractivity contribution in [3.8, 4) is 0 Å². The lowest BCUT2D eigenvalue weighted by Crippen LogP contribution is -2.17. The van der Waals surface area contributed by atoms with Crippen molar-refractivity contribution in [1.29, 1.82) is 0 Å². The fourth-order valence-electron chi connectivity index (χ4n) is 1.52. The van der Waals surface area contributed by atoms with Gasteiger partial charge in [-0.15, -0.1) is 0 Å². The third-order valence-electron chi connectivity index (χ3n) is 2.24. The molecule has 0 atom stereocenters. The van der Waals surface area contributed by atoms with E-state index in [-0.39, 0.29) is 5.69 Å². The van der Waals surface area contributed by atoms with E-state index < -0.39 is 4.92 Å². The van der Waals surface area contributed by atoms with E-state index in [2.05, 4.69) is 0 Å². The summed E-state index contributed by atoms with van der Waals surface area (Å²) in [6.07, 6.45) is 0.941. The monoisotopic (exact) mass is 209 g/mol. The Hall–Kier alpha value is -1.82. The molecule has 1 heterocycles. The maximum absolute atomic E-state index is 10.5. The Bertz CT molecular complexity index is 388. The summed E-state index contributed by atoms with van der Waals surface area (Å²) >= 11 is 0. The number of anilines is 2. The van der Waals surface area contributed by atoms with Crippen LogP contribution < -0.4 is 10.8 Å².